The predicted molar refractivity (Wildman–Crippen MR) is 44.8 cm³/mol. The lowest BCUT2D eigenvalue weighted by Crippen LogP contribution is -1.81. The van der Waals surface area contributed by atoms with E-state index >= 15 is 0 Å². The molecular weight excluding hydrogens is 180 g/mol. The highest BCUT2D eigenvalue weighted by molar-refractivity contribution is 7.71. The summed E-state index contributed by atoms with van der Waals surface area (Å²) in [5.74, 6) is 0. The molecule has 0 saturated heterocycles. The van der Waals surface area contributed by atoms with Crippen molar-refractivity contribution in [2.75, 3.05) is 0 Å². The highest BCUT2D eigenvalue weighted by Crippen LogP contribution is 1.85. The second kappa shape index (κ2) is 5.25. The second-order valence-electron chi connectivity index (χ2n) is 1.84. The van der Waals surface area contributed by atoms with Crippen LogP contribution in [0.3, 0.4) is 0 Å². The molecule has 0 fully saturated rings. The molecule has 0 aliphatic rings. The molecule has 0 aliphatic heterocycles. The van der Waals surface area contributed by atoms with Crippen molar-refractivity contribution in [1.82, 2.24) is 9.97 Å². The fourth-order valence-corrected chi connectivity index (χ4v) is 0.681. The van der Waals surface area contributed by atoms with Crippen LogP contribution in [0, 0.1) is 11.7 Å². The number of hydrogen-bond acceptors (Lipinski definition) is 3. The topological polar surface area (TPSA) is 86.2 Å². The summed E-state index contributed by atoms with van der Waals surface area (Å²) in [5.41, 5.74) is 1.05. The maximum Gasteiger partial charge on any atom is 0.503 e. The van der Waals surface area contributed by atoms with Gasteiger partial charge in [-0.1, -0.05) is 0 Å². The normalized spacial score (nSPS) is 8.08. The lowest BCUT2D eigenvalue weighted by Gasteiger charge is -1.86. The van der Waals surface area contributed by atoms with Crippen LogP contribution in [0.2, 0.25) is 0 Å². The summed E-state index contributed by atoms with van der Waals surface area (Å²) < 4.78 is 0.546. The van der Waals surface area contributed by atoms with Crippen molar-refractivity contribution in [3.8, 4) is 0 Å². The number of hydrogen-bond donors (Lipinski definition) is 3. The number of aryl methyl sites for hydroxylation is 1. The number of aromatic amines is 1. The Balaban J connectivity index is 0.000000261. The number of rotatable bonds is 0. The van der Waals surface area contributed by atoms with Crippen molar-refractivity contribution < 1.29 is 15.0 Å². The standard InChI is InChI=1S/C5H6N2S.CH2O3/c1-4-2-3-6-5(8)7-4;2-1(3)4/h2-3H,1H3,(H,6,7,8);(H2,2,3,4). The van der Waals surface area contributed by atoms with Crippen LogP contribution in [0.1, 0.15) is 5.69 Å². The Kier molecular flexibility index (Phi) is 4.62. The van der Waals surface area contributed by atoms with Gasteiger partial charge in [-0.25, -0.2) is 9.78 Å². The zero-order chi connectivity index (χ0) is 9.56. The summed E-state index contributed by atoms with van der Waals surface area (Å²) in [6.07, 6.45) is -0.145. The van der Waals surface area contributed by atoms with Gasteiger partial charge in [0.25, 0.3) is 0 Å². The van der Waals surface area contributed by atoms with E-state index < -0.39 is 6.16 Å². The molecule has 0 atom stereocenters. The maximum atomic E-state index is 8.56. The first-order valence-corrected chi connectivity index (χ1v) is 3.37. The molecule has 1 aromatic heterocycles. The lowest BCUT2D eigenvalue weighted by atomic mass is 10.5. The van der Waals surface area contributed by atoms with Gasteiger partial charge >= 0.3 is 6.16 Å². The molecule has 0 spiro atoms. The fraction of sp³-hybridized carbons (Fsp3) is 0.167. The van der Waals surface area contributed by atoms with Crippen LogP contribution in [0.25, 0.3) is 0 Å². The van der Waals surface area contributed by atoms with Gasteiger partial charge in [0.2, 0.25) is 0 Å². The molecule has 3 N–H and O–H groups in total. The molecule has 1 heterocycles. The van der Waals surface area contributed by atoms with E-state index in [2.05, 4.69) is 9.97 Å². The number of carboxylic acid groups (broad SMARTS) is 2. The minimum Gasteiger partial charge on any atom is -0.450 e. The molecule has 0 aliphatic carbocycles. The van der Waals surface area contributed by atoms with E-state index in [9.17, 15) is 0 Å². The van der Waals surface area contributed by atoms with E-state index in [-0.39, 0.29) is 0 Å². The molecule has 0 bridgehead atoms. The number of aromatic nitrogens is 2. The fourth-order valence-electron chi connectivity index (χ4n) is 0.459. The number of H-pyrrole nitrogens is 1. The van der Waals surface area contributed by atoms with E-state index in [1.54, 1.807) is 6.20 Å². The van der Waals surface area contributed by atoms with Crippen LogP contribution in [-0.2, 0) is 0 Å². The maximum absolute atomic E-state index is 8.56. The van der Waals surface area contributed by atoms with Crippen molar-refractivity contribution in [3.05, 3.63) is 22.7 Å². The van der Waals surface area contributed by atoms with Gasteiger partial charge in [0.15, 0.2) is 4.77 Å². The molecule has 6 heteroatoms. The largest absolute Gasteiger partial charge is 0.503 e. The van der Waals surface area contributed by atoms with Crippen molar-refractivity contribution >= 4 is 18.4 Å². The third-order valence-corrected chi connectivity index (χ3v) is 1.03. The first-order valence-electron chi connectivity index (χ1n) is 2.96. The third kappa shape index (κ3) is 6.69. The van der Waals surface area contributed by atoms with E-state index in [0.717, 1.165) is 5.69 Å². The minimum absolute atomic E-state index is 0.546. The smallest absolute Gasteiger partial charge is 0.450 e. The van der Waals surface area contributed by atoms with Crippen LogP contribution in [0.5, 0.6) is 0 Å². The van der Waals surface area contributed by atoms with Crippen molar-refractivity contribution in [2.24, 2.45) is 0 Å². The molecular formula is C6H8N2O3S. The minimum atomic E-state index is -1.83. The first kappa shape index (κ1) is 10.6. The Morgan fingerprint density at radius 3 is 2.42 bits per heavy atom. The van der Waals surface area contributed by atoms with Gasteiger partial charge in [0.05, 0.1) is 0 Å². The van der Waals surface area contributed by atoms with Crippen molar-refractivity contribution in [2.45, 2.75) is 6.92 Å². The molecule has 1 aromatic rings. The Labute approximate surface area is 73.7 Å². The SMILES string of the molecule is Cc1ccnc(=S)[nH]1.O=C(O)O. The summed E-state index contributed by atoms with van der Waals surface area (Å²) in [7, 11) is 0. The van der Waals surface area contributed by atoms with Crippen LogP contribution in [0.4, 0.5) is 4.79 Å². The quantitative estimate of drug-likeness (QED) is 0.539. The van der Waals surface area contributed by atoms with Crippen LogP contribution in [0.15, 0.2) is 12.3 Å². The highest BCUT2D eigenvalue weighted by atomic mass is 32.1. The average molecular weight is 188 g/mol. The highest BCUT2D eigenvalue weighted by Gasteiger charge is 1.77. The molecule has 0 radical (unpaired) electrons. The van der Waals surface area contributed by atoms with Gasteiger partial charge in [-0.2, -0.15) is 0 Å². The van der Waals surface area contributed by atoms with Crippen molar-refractivity contribution in [1.29, 1.82) is 0 Å². The molecule has 0 amide bonds. The molecule has 0 saturated carbocycles. The third-order valence-electron chi connectivity index (χ3n) is 0.820. The van der Waals surface area contributed by atoms with E-state index in [4.69, 9.17) is 27.2 Å². The predicted octanol–water partition coefficient (Wildman–Crippen LogP) is 1.67. The Hall–Kier alpha value is -1.43. The Bertz CT molecular complexity index is 306. The summed E-state index contributed by atoms with van der Waals surface area (Å²) in [6.45, 7) is 1.94. The van der Waals surface area contributed by atoms with Crippen molar-refractivity contribution in [3.63, 3.8) is 0 Å². The summed E-state index contributed by atoms with van der Waals surface area (Å²) in [6, 6.07) is 1.87. The molecule has 0 aromatic carbocycles. The number of nitrogens with zero attached hydrogens (tertiary/aromatic N) is 1. The summed E-state index contributed by atoms with van der Waals surface area (Å²) >= 11 is 4.73. The molecule has 12 heavy (non-hydrogen) atoms. The van der Waals surface area contributed by atoms with Gasteiger partial charge in [-0.3, -0.25) is 0 Å². The summed E-state index contributed by atoms with van der Waals surface area (Å²) in [4.78, 5) is 15.2. The van der Waals surface area contributed by atoms with E-state index in [0.29, 0.717) is 4.77 Å². The van der Waals surface area contributed by atoms with Crippen LogP contribution in [-0.4, -0.2) is 26.3 Å². The Morgan fingerprint density at radius 1 is 1.67 bits per heavy atom. The van der Waals surface area contributed by atoms with Gasteiger partial charge < -0.3 is 15.2 Å². The zero-order valence-electron chi connectivity index (χ0n) is 6.31. The molecule has 0 unspecified atom stereocenters. The Morgan fingerprint density at radius 2 is 2.17 bits per heavy atom. The van der Waals surface area contributed by atoms with Gasteiger partial charge in [-0.05, 0) is 25.2 Å². The summed E-state index contributed by atoms with van der Waals surface area (Å²) in [5, 5.41) is 13.9. The van der Waals surface area contributed by atoms with Crippen LogP contribution < -0.4 is 0 Å². The average Bonchev–Trinajstić information content (AvgIpc) is 1.84. The second-order valence-corrected chi connectivity index (χ2v) is 2.23. The zero-order valence-corrected chi connectivity index (χ0v) is 7.13. The lowest BCUT2D eigenvalue weighted by molar-refractivity contribution is 0.137. The van der Waals surface area contributed by atoms with Crippen LogP contribution >= 0.6 is 12.2 Å². The van der Waals surface area contributed by atoms with Gasteiger partial charge in [0, 0.05) is 11.9 Å². The van der Waals surface area contributed by atoms with Gasteiger partial charge in [0.1, 0.15) is 0 Å². The molecule has 66 valence electrons. The van der Waals surface area contributed by atoms with E-state index in [1.165, 1.54) is 0 Å². The monoisotopic (exact) mass is 188 g/mol. The molecule has 1 rings (SSSR count). The van der Waals surface area contributed by atoms with E-state index in [1.807, 2.05) is 13.0 Å². The molecule has 5 nitrogen and oxygen atoms in total. The number of nitrogens with one attached hydrogen (secondary N) is 1. The number of carbonyl (C=O) groups is 1. The van der Waals surface area contributed by atoms with Gasteiger partial charge in [-0.15, -0.1) is 0 Å². The first-order chi connectivity index (χ1) is 5.52.